The summed E-state index contributed by atoms with van der Waals surface area (Å²) in [6.07, 6.45) is -5.33. The number of hydrogen-bond donors (Lipinski definition) is 1. The van der Waals surface area contributed by atoms with Crippen molar-refractivity contribution >= 4 is 12.0 Å². The van der Waals surface area contributed by atoms with Crippen molar-refractivity contribution in [2.24, 2.45) is 11.3 Å². The molecule has 9 heteroatoms. The molecule has 0 bridgehead atoms. The molecule has 2 amide bonds. The summed E-state index contributed by atoms with van der Waals surface area (Å²) in [6, 6.07) is 9.80. The molecule has 2 heterocycles. The van der Waals surface area contributed by atoms with E-state index in [2.05, 4.69) is 4.90 Å². The van der Waals surface area contributed by atoms with Crippen LogP contribution in [-0.4, -0.2) is 66.3 Å². The number of carbonyl (C=O) groups is 2. The van der Waals surface area contributed by atoms with Gasteiger partial charge in [0.05, 0.1) is 0 Å². The van der Waals surface area contributed by atoms with Crippen molar-refractivity contribution in [3.8, 4) is 0 Å². The van der Waals surface area contributed by atoms with E-state index in [-0.39, 0.29) is 17.9 Å². The van der Waals surface area contributed by atoms with Crippen LogP contribution in [0.3, 0.4) is 0 Å². The minimum absolute atomic E-state index is 0.0776. The molecule has 1 atom stereocenters. The van der Waals surface area contributed by atoms with Gasteiger partial charge < -0.3 is 15.0 Å². The van der Waals surface area contributed by atoms with Crippen molar-refractivity contribution in [1.82, 2.24) is 15.1 Å². The van der Waals surface area contributed by atoms with Gasteiger partial charge in [0.1, 0.15) is 5.60 Å². The first-order valence-electron chi connectivity index (χ1n) is 9.97. The Hall–Kier alpha value is -2.29. The monoisotopic (exact) mass is 427 g/mol. The summed E-state index contributed by atoms with van der Waals surface area (Å²) in [5.41, 5.74) is 0.135. The minimum Gasteiger partial charge on any atom is -0.444 e. The highest BCUT2D eigenvalue weighted by Gasteiger charge is 2.56. The Labute approximate surface area is 174 Å². The van der Waals surface area contributed by atoms with Crippen LogP contribution in [0.5, 0.6) is 0 Å². The zero-order chi connectivity index (χ0) is 22.2. The Morgan fingerprint density at radius 1 is 1.13 bits per heavy atom. The molecule has 1 spiro atoms. The largest absolute Gasteiger partial charge is 0.471 e. The predicted molar refractivity (Wildman–Crippen MR) is 105 cm³/mol. The lowest BCUT2D eigenvalue weighted by molar-refractivity contribution is -0.174. The molecule has 1 N–H and O–H groups in total. The molecule has 0 radical (unpaired) electrons. The lowest BCUT2D eigenvalue weighted by Gasteiger charge is -2.50. The van der Waals surface area contributed by atoms with Gasteiger partial charge in [-0.2, -0.15) is 13.2 Å². The van der Waals surface area contributed by atoms with Crippen molar-refractivity contribution in [2.75, 3.05) is 32.7 Å². The zero-order valence-electron chi connectivity index (χ0n) is 17.5. The summed E-state index contributed by atoms with van der Waals surface area (Å²) >= 11 is 0. The summed E-state index contributed by atoms with van der Waals surface area (Å²) in [4.78, 5) is 27.4. The van der Waals surface area contributed by atoms with Crippen LogP contribution < -0.4 is 5.32 Å². The van der Waals surface area contributed by atoms with E-state index >= 15 is 0 Å². The van der Waals surface area contributed by atoms with Crippen LogP contribution in [0.2, 0.25) is 0 Å². The van der Waals surface area contributed by atoms with E-state index in [1.807, 2.05) is 35.6 Å². The molecule has 1 aromatic rings. The molecule has 1 unspecified atom stereocenters. The van der Waals surface area contributed by atoms with E-state index < -0.39 is 23.8 Å². The third kappa shape index (κ3) is 5.24. The third-order valence-electron chi connectivity index (χ3n) is 5.56. The van der Waals surface area contributed by atoms with Crippen molar-refractivity contribution in [3.05, 3.63) is 35.9 Å². The van der Waals surface area contributed by atoms with Gasteiger partial charge in [-0.3, -0.25) is 9.69 Å². The Bertz CT molecular complexity index is 771. The van der Waals surface area contributed by atoms with Crippen LogP contribution in [0.15, 0.2) is 30.3 Å². The maximum Gasteiger partial charge on any atom is 0.471 e. The van der Waals surface area contributed by atoms with Gasteiger partial charge >= 0.3 is 18.2 Å². The second-order valence-electron chi connectivity index (χ2n) is 9.26. The average molecular weight is 427 g/mol. The third-order valence-corrected chi connectivity index (χ3v) is 5.56. The Morgan fingerprint density at radius 2 is 1.77 bits per heavy atom. The van der Waals surface area contributed by atoms with Crippen LogP contribution >= 0.6 is 0 Å². The standard InChI is InChI=1S/C21H28F3N3O3/c1-19(2,3)30-18(29)27-13-20(14-27)12-26(10-15-7-5-4-6-8-15)11-16(20)9-25-17(28)21(22,23)24/h4-8,16H,9-14H2,1-3H3,(H,25,28). The number of carbonyl (C=O) groups excluding carboxylic acids is 2. The number of likely N-dealkylation sites (tertiary alicyclic amines) is 2. The molecule has 1 aromatic carbocycles. The summed E-state index contributed by atoms with van der Waals surface area (Å²) in [5, 5.41) is 2.03. The molecular weight excluding hydrogens is 399 g/mol. The molecule has 30 heavy (non-hydrogen) atoms. The summed E-state index contributed by atoms with van der Waals surface area (Å²) in [5.74, 6) is -2.12. The summed E-state index contributed by atoms with van der Waals surface area (Å²) in [6.45, 7) is 7.94. The fourth-order valence-corrected chi connectivity index (χ4v) is 4.23. The van der Waals surface area contributed by atoms with Gasteiger partial charge in [-0.15, -0.1) is 0 Å². The summed E-state index contributed by atoms with van der Waals surface area (Å²) in [7, 11) is 0. The fourth-order valence-electron chi connectivity index (χ4n) is 4.23. The van der Waals surface area contributed by atoms with Crippen molar-refractivity contribution in [1.29, 1.82) is 0 Å². The van der Waals surface area contributed by atoms with Gasteiger partial charge in [0.25, 0.3) is 0 Å². The van der Waals surface area contributed by atoms with E-state index in [0.717, 1.165) is 5.56 Å². The predicted octanol–water partition coefficient (Wildman–Crippen LogP) is 3.03. The van der Waals surface area contributed by atoms with Crippen LogP contribution in [-0.2, 0) is 16.1 Å². The molecule has 0 aliphatic carbocycles. The van der Waals surface area contributed by atoms with Crippen molar-refractivity contribution in [2.45, 2.75) is 39.1 Å². The van der Waals surface area contributed by atoms with Gasteiger partial charge in [0.15, 0.2) is 0 Å². The fraction of sp³-hybridized carbons (Fsp3) is 0.619. The SMILES string of the molecule is CC(C)(C)OC(=O)N1CC2(CN(Cc3ccccc3)CC2CNC(=O)C(F)(F)F)C1. The highest BCUT2D eigenvalue weighted by molar-refractivity contribution is 5.81. The van der Waals surface area contributed by atoms with Crippen LogP contribution in [0.25, 0.3) is 0 Å². The topological polar surface area (TPSA) is 61.9 Å². The Morgan fingerprint density at radius 3 is 2.33 bits per heavy atom. The van der Waals surface area contributed by atoms with Gasteiger partial charge in [-0.25, -0.2) is 4.79 Å². The molecule has 2 aliphatic rings. The van der Waals surface area contributed by atoms with E-state index in [1.54, 1.807) is 25.7 Å². The molecule has 0 aromatic heterocycles. The number of rotatable bonds is 4. The molecular formula is C21H28F3N3O3. The number of nitrogens with one attached hydrogen (secondary N) is 1. The molecule has 6 nitrogen and oxygen atoms in total. The van der Waals surface area contributed by atoms with Crippen LogP contribution in [0.1, 0.15) is 26.3 Å². The van der Waals surface area contributed by atoms with E-state index in [0.29, 0.717) is 32.7 Å². The van der Waals surface area contributed by atoms with Gasteiger partial charge in [0, 0.05) is 44.7 Å². The van der Waals surface area contributed by atoms with E-state index in [9.17, 15) is 22.8 Å². The first-order chi connectivity index (χ1) is 13.9. The Kier molecular flexibility index (Phi) is 6.04. The smallest absolute Gasteiger partial charge is 0.444 e. The highest BCUT2D eigenvalue weighted by atomic mass is 19.4. The highest BCUT2D eigenvalue weighted by Crippen LogP contribution is 2.44. The molecule has 2 saturated heterocycles. The molecule has 2 fully saturated rings. The molecule has 166 valence electrons. The maximum absolute atomic E-state index is 12.6. The number of benzene rings is 1. The normalized spacial score (nSPS) is 21.4. The quantitative estimate of drug-likeness (QED) is 0.803. The first-order valence-corrected chi connectivity index (χ1v) is 9.97. The average Bonchev–Trinajstić information content (AvgIpc) is 2.95. The van der Waals surface area contributed by atoms with Crippen LogP contribution in [0.4, 0.5) is 18.0 Å². The molecule has 3 rings (SSSR count). The zero-order valence-corrected chi connectivity index (χ0v) is 17.5. The number of amides is 2. The second kappa shape index (κ2) is 8.09. The lowest BCUT2D eigenvalue weighted by atomic mass is 9.71. The van der Waals surface area contributed by atoms with E-state index in [1.165, 1.54) is 0 Å². The number of ether oxygens (including phenoxy) is 1. The van der Waals surface area contributed by atoms with Gasteiger partial charge in [0.2, 0.25) is 0 Å². The maximum atomic E-state index is 12.6. The van der Waals surface area contributed by atoms with Crippen molar-refractivity contribution in [3.63, 3.8) is 0 Å². The lowest BCUT2D eigenvalue weighted by Crippen LogP contribution is -2.64. The number of nitrogens with zero attached hydrogens (tertiary/aromatic N) is 2. The number of hydrogen-bond acceptors (Lipinski definition) is 4. The first kappa shape index (κ1) is 22.4. The molecule has 2 aliphatic heterocycles. The second-order valence-corrected chi connectivity index (χ2v) is 9.26. The number of halogens is 3. The number of alkyl halides is 3. The van der Waals surface area contributed by atoms with Gasteiger partial charge in [-0.1, -0.05) is 30.3 Å². The molecule has 0 saturated carbocycles. The minimum atomic E-state index is -4.91. The van der Waals surface area contributed by atoms with Crippen LogP contribution in [0, 0.1) is 11.3 Å². The summed E-state index contributed by atoms with van der Waals surface area (Å²) < 4.78 is 43.2. The van der Waals surface area contributed by atoms with Gasteiger partial charge in [-0.05, 0) is 32.3 Å². The van der Waals surface area contributed by atoms with E-state index in [4.69, 9.17) is 4.74 Å². The van der Waals surface area contributed by atoms with Crippen molar-refractivity contribution < 1.29 is 27.5 Å². The Balaban J connectivity index is 1.66.